The Morgan fingerprint density at radius 1 is 1.41 bits per heavy atom. The molecule has 0 atom stereocenters. The van der Waals surface area contributed by atoms with Gasteiger partial charge in [0.05, 0.1) is 10.2 Å². The third kappa shape index (κ3) is 1.72. The van der Waals surface area contributed by atoms with Crippen LogP contribution in [0.25, 0.3) is 15.8 Å². The number of carboxylic acids is 1. The monoisotopic (exact) mass is 251 g/mol. The average Bonchev–Trinajstić information content (AvgIpc) is 2.72. The van der Waals surface area contributed by atoms with Crippen molar-refractivity contribution >= 4 is 39.2 Å². The van der Waals surface area contributed by atoms with Crippen molar-refractivity contribution in [1.29, 1.82) is 0 Å². The number of aromatic carboxylic acids is 1. The summed E-state index contributed by atoms with van der Waals surface area (Å²) in [4.78, 5) is 22.0. The van der Waals surface area contributed by atoms with Gasteiger partial charge < -0.3 is 10.2 Å². The number of aromatic nitrogens is 1. The predicted molar refractivity (Wildman–Crippen MR) is 64.9 cm³/mol. The molecule has 0 aromatic carbocycles. The summed E-state index contributed by atoms with van der Waals surface area (Å²) in [5.41, 5.74) is 1.76. The van der Waals surface area contributed by atoms with Crippen LogP contribution in [0.1, 0.15) is 22.2 Å². The number of hydrogen-bond acceptors (Lipinski definition) is 3. The maximum Gasteiger partial charge on any atom is 0.416 e. The summed E-state index contributed by atoms with van der Waals surface area (Å²) in [6.45, 7) is 5.51. The number of hydrogen-bond donors (Lipinski definition) is 2. The van der Waals surface area contributed by atoms with E-state index in [1.807, 2.05) is 0 Å². The molecule has 2 rings (SSSR count). The third-order valence-corrected chi connectivity index (χ3v) is 3.50. The SMILES string of the molecule is C=C(C)c1cn(C(=O)O)c2cc(C(=O)O)sc12. The molecule has 6 heteroatoms. The van der Waals surface area contributed by atoms with E-state index < -0.39 is 12.1 Å². The van der Waals surface area contributed by atoms with Crippen molar-refractivity contribution in [1.82, 2.24) is 4.57 Å². The standard InChI is InChI=1S/C11H9NO4S/c1-5(2)6-4-12(11(15)16)7-3-8(10(13)14)17-9(6)7/h3-4H,1H2,2H3,(H,13,14)(H,15,16). The molecule has 2 aromatic rings. The van der Waals surface area contributed by atoms with Crippen LogP contribution in [0.3, 0.4) is 0 Å². The highest BCUT2D eigenvalue weighted by Crippen LogP contribution is 2.33. The molecule has 2 aromatic heterocycles. The van der Waals surface area contributed by atoms with Gasteiger partial charge in [-0.1, -0.05) is 6.58 Å². The Labute approximate surface area is 100 Å². The molecule has 88 valence electrons. The molecule has 0 unspecified atom stereocenters. The molecule has 5 nitrogen and oxygen atoms in total. The lowest BCUT2D eigenvalue weighted by Crippen LogP contribution is -2.05. The Bertz CT molecular complexity index is 603. The van der Waals surface area contributed by atoms with Crippen molar-refractivity contribution in [2.24, 2.45) is 0 Å². The van der Waals surface area contributed by atoms with Crippen molar-refractivity contribution < 1.29 is 19.8 Å². The van der Waals surface area contributed by atoms with Gasteiger partial charge in [0.15, 0.2) is 0 Å². The number of allylic oxidation sites excluding steroid dienone is 1. The van der Waals surface area contributed by atoms with Gasteiger partial charge in [-0.3, -0.25) is 4.57 Å². The lowest BCUT2D eigenvalue weighted by molar-refractivity contribution is 0.0702. The first kappa shape index (κ1) is 11.4. The largest absolute Gasteiger partial charge is 0.477 e. The molecule has 0 aliphatic carbocycles. The van der Waals surface area contributed by atoms with Crippen LogP contribution in [0.4, 0.5) is 4.79 Å². The van der Waals surface area contributed by atoms with E-state index in [0.29, 0.717) is 21.4 Å². The van der Waals surface area contributed by atoms with Gasteiger partial charge in [-0.2, -0.15) is 0 Å². The molecule has 0 saturated heterocycles. The van der Waals surface area contributed by atoms with Gasteiger partial charge in [0.2, 0.25) is 0 Å². The molecule has 0 aliphatic heterocycles. The van der Waals surface area contributed by atoms with Crippen LogP contribution in [0, 0.1) is 0 Å². The third-order valence-electron chi connectivity index (χ3n) is 2.35. The van der Waals surface area contributed by atoms with Gasteiger partial charge in [-0.25, -0.2) is 9.59 Å². The summed E-state index contributed by atoms with van der Waals surface area (Å²) in [5, 5.41) is 17.9. The normalized spacial score (nSPS) is 10.6. The van der Waals surface area contributed by atoms with E-state index in [9.17, 15) is 9.59 Å². The Kier molecular flexibility index (Phi) is 2.51. The van der Waals surface area contributed by atoms with Crippen molar-refractivity contribution in [3.05, 3.63) is 29.3 Å². The van der Waals surface area contributed by atoms with E-state index in [1.54, 1.807) is 6.92 Å². The van der Waals surface area contributed by atoms with E-state index in [0.717, 1.165) is 15.9 Å². The first-order valence-corrected chi connectivity index (χ1v) is 5.51. The summed E-state index contributed by atoms with van der Waals surface area (Å²) in [7, 11) is 0. The molecule has 0 bridgehead atoms. The smallest absolute Gasteiger partial charge is 0.416 e. The van der Waals surface area contributed by atoms with Gasteiger partial charge >= 0.3 is 12.1 Å². The van der Waals surface area contributed by atoms with Crippen LogP contribution in [-0.4, -0.2) is 26.8 Å². The van der Waals surface area contributed by atoms with E-state index in [2.05, 4.69) is 6.58 Å². The summed E-state index contributed by atoms with van der Waals surface area (Å²) in [6.07, 6.45) is 0.314. The van der Waals surface area contributed by atoms with Crippen LogP contribution >= 0.6 is 11.3 Å². The first-order valence-electron chi connectivity index (χ1n) is 4.69. The first-order chi connectivity index (χ1) is 7.91. The molecule has 0 spiro atoms. The number of rotatable bonds is 2. The van der Waals surface area contributed by atoms with Crippen LogP contribution in [0.5, 0.6) is 0 Å². The van der Waals surface area contributed by atoms with Crippen LogP contribution in [0.15, 0.2) is 18.8 Å². The van der Waals surface area contributed by atoms with E-state index in [1.165, 1.54) is 12.3 Å². The molecule has 0 amide bonds. The topological polar surface area (TPSA) is 79.5 Å². The van der Waals surface area contributed by atoms with Gasteiger partial charge in [-0.15, -0.1) is 11.3 Å². The number of carbonyl (C=O) groups is 2. The summed E-state index contributed by atoms with van der Waals surface area (Å²) in [5.74, 6) is -1.06. The molecule has 0 saturated carbocycles. The average molecular weight is 251 g/mol. The molecule has 17 heavy (non-hydrogen) atoms. The predicted octanol–water partition coefficient (Wildman–Crippen LogP) is 2.96. The highest BCUT2D eigenvalue weighted by molar-refractivity contribution is 7.21. The van der Waals surface area contributed by atoms with Crippen molar-refractivity contribution in [2.75, 3.05) is 0 Å². The highest BCUT2D eigenvalue weighted by Gasteiger charge is 2.18. The lowest BCUT2D eigenvalue weighted by atomic mass is 10.2. The van der Waals surface area contributed by atoms with Gasteiger partial charge in [-0.05, 0) is 18.6 Å². The number of fused-ring (bicyclic) bond motifs is 1. The van der Waals surface area contributed by atoms with Crippen LogP contribution in [-0.2, 0) is 0 Å². The molecular formula is C11H9NO4S. The molecule has 0 radical (unpaired) electrons. The minimum absolute atomic E-state index is 0.119. The van der Waals surface area contributed by atoms with E-state index in [-0.39, 0.29) is 4.88 Å². The van der Waals surface area contributed by atoms with Gasteiger partial charge in [0.25, 0.3) is 0 Å². The Morgan fingerprint density at radius 3 is 2.53 bits per heavy atom. The van der Waals surface area contributed by atoms with Crippen LogP contribution < -0.4 is 0 Å². The fourth-order valence-electron chi connectivity index (χ4n) is 1.58. The highest BCUT2D eigenvalue weighted by atomic mass is 32.1. The minimum Gasteiger partial charge on any atom is -0.477 e. The maximum absolute atomic E-state index is 11.0. The minimum atomic E-state index is -1.14. The van der Waals surface area contributed by atoms with E-state index >= 15 is 0 Å². The molecule has 0 fully saturated rings. The van der Waals surface area contributed by atoms with E-state index in [4.69, 9.17) is 10.2 Å². The molecule has 2 heterocycles. The Hall–Kier alpha value is -2.08. The maximum atomic E-state index is 11.0. The second-order valence-corrected chi connectivity index (χ2v) is 4.66. The number of nitrogens with zero attached hydrogens (tertiary/aromatic N) is 1. The Balaban J connectivity index is 2.80. The molecule has 0 aliphatic rings. The number of thiophene rings is 1. The number of carboxylic acid groups (broad SMARTS) is 2. The second kappa shape index (κ2) is 3.74. The summed E-state index contributed by atoms with van der Waals surface area (Å²) in [6, 6.07) is 1.36. The van der Waals surface area contributed by atoms with Gasteiger partial charge in [0, 0.05) is 11.8 Å². The van der Waals surface area contributed by atoms with Crippen LogP contribution in [0.2, 0.25) is 0 Å². The Morgan fingerprint density at radius 2 is 2.06 bits per heavy atom. The fourth-order valence-corrected chi connectivity index (χ4v) is 2.65. The second-order valence-electron chi connectivity index (χ2n) is 3.61. The zero-order chi connectivity index (χ0) is 12.7. The summed E-state index contributed by atoms with van der Waals surface area (Å²) >= 11 is 1.05. The zero-order valence-electron chi connectivity index (χ0n) is 8.93. The lowest BCUT2D eigenvalue weighted by Gasteiger charge is -1.94. The van der Waals surface area contributed by atoms with Gasteiger partial charge in [0.1, 0.15) is 4.88 Å². The zero-order valence-corrected chi connectivity index (χ0v) is 9.74. The quantitative estimate of drug-likeness (QED) is 0.859. The van der Waals surface area contributed by atoms with Crippen molar-refractivity contribution in [3.8, 4) is 0 Å². The summed E-state index contributed by atoms with van der Waals surface area (Å²) < 4.78 is 1.65. The van der Waals surface area contributed by atoms with Crippen molar-refractivity contribution in [2.45, 2.75) is 6.92 Å². The molecular weight excluding hydrogens is 242 g/mol. The van der Waals surface area contributed by atoms with Crippen molar-refractivity contribution in [3.63, 3.8) is 0 Å². The molecule has 2 N–H and O–H groups in total. The fraction of sp³-hybridized carbons (Fsp3) is 0.0909.